The van der Waals surface area contributed by atoms with Crippen LogP contribution in [0, 0.1) is 12.7 Å². The Morgan fingerprint density at radius 2 is 2.10 bits per heavy atom. The van der Waals surface area contributed by atoms with Gasteiger partial charge in [-0.3, -0.25) is 4.79 Å². The Balaban J connectivity index is 1.70. The van der Waals surface area contributed by atoms with Crippen LogP contribution in [0.15, 0.2) is 36.4 Å². The lowest BCUT2D eigenvalue weighted by Crippen LogP contribution is -2.04. The van der Waals surface area contributed by atoms with Crippen molar-refractivity contribution in [3.8, 4) is 5.75 Å². The molecule has 1 aliphatic rings. The summed E-state index contributed by atoms with van der Waals surface area (Å²) in [6, 6.07) is 10.4. The van der Waals surface area contributed by atoms with Crippen molar-refractivity contribution in [3.05, 3.63) is 64.5 Å². The van der Waals surface area contributed by atoms with Gasteiger partial charge in [0, 0.05) is 18.4 Å². The molecule has 2 nitrogen and oxygen atoms in total. The molecular formula is C18H17FO2. The van der Waals surface area contributed by atoms with Gasteiger partial charge < -0.3 is 4.74 Å². The quantitative estimate of drug-likeness (QED) is 0.796. The number of rotatable bonds is 4. The molecule has 0 saturated heterocycles. The van der Waals surface area contributed by atoms with Crippen LogP contribution in [0.2, 0.25) is 0 Å². The van der Waals surface area contributed by atoms with Crippen LogP contribution in [0.1, 0.15) is 33.5 Å². The van der Waals surface area contributed by atoms with Gasteiger partial charge in [-0.1, -0.05) is 18.2 Å². The number of ketones is 1. The number of benzene rings is 2. The van der Waals surface area contributed by atoms with E-state index in [1.807, 2.05) is 19.1 Å². The highest BCUT2D eigenvalue weighted by Gasteiger charge is 2.14. The number of halogens is 1. The molecule has 0 saturated carbocycles. The summed E-state index contributed by atoms with van der Waals surface area (Å²) in [5.41, 5.74) is 3.65. The first-order valence-electron chi connectivity index (χ1n) is 7.17. The van der Waals surface area contributed by atoms with E-state index < -0.39 is 0 Å². The van der Waals surface area contributed by atoms with E-state index in [2.05, 4.69) is 6.07 Å². The van der Waals surface area contributed by atoms with Crippen molar-refractivity contribution in [1.29, 1.82) is 0 Å². The number of hydrogen-bond acceptors (Lipinski definition) is 2. The molecule has 0 unspecified atom stereocenters. The summed E-state index contributed by atoms with van der Waals surface area (Å²) in [5, 5.41) is 0. The van der Waals surface area contributed by atoms with Gasteiger partial charge >= 0.3 is 0 Å². The highest BCUT2D eigenvalue weighted by atomic mass is 19.1. The fourth-order valence-corrected chi connectivity index (χ4v) is 2.68. The molecule has 3 rings (SSSR count). The van der Waals surface area contributed by atoms with E-state index in [4.69, 9.17) is 4.74 Å². The SMILES string of the molecule is Cc1ccc(F)cc1C(=O)CCc1ccc2c(c1)CCO2. The van der Waals surface area contributed by atoms with Gasteiger partial charge in [0.2, 0.25) is 0 Å². The summed E-state index contributed by atoms with van der Waals surface area (Å²) in [6.07, 6.45) is 1.99. The third-order valence-corrected chi connectivity index (χ3v) is 3.89. The van der Waals surface area contributed by atoms with E-state index in [0.717, 1.165) is 29.9 Å². The minimum atomic E-state index is -0.362. The smallest absolute Gasteiger partial charge is 0.163 e. The van der Waals surface area contributed by atoms with E-state index in [9.17, 15) is 9.18 Å². The summed E-state index contributed by atoms with van der Waals surface area (Å²) >= 11 is 0. The second kappa shape index (κ2) is 5.68. The zero-order chi connectivity index (χ0) is 14.8. The minimum absolute atomic E-state index is 0.0104. The van der Waals surface area contributed by atoms with Crippen LogP contribution < -0.4 is 4.74 Å². The summed E-state index contributed by atoms with van der Waals surface area (Å²) in [7, 11) is 0. The lowest BCUT2D eigenvalue weighted by atomic mass is 9.98. The standard InChI is InChI=1S/C18H17FO2/c1-12-2-5-15(19)11-16(12)17(20)6-3-13-4-7-18-14(10-13)8-9-21-18/h2,4-5,7,10-11H,3,6,8-9H2,1H3. The molecule has 3 heteroatoms. The lowest BCUT2D eigenvalue weighted by molar-refractivity contribution is 0.0982. The second-order valence-corrected chi connectivity index (χ2v) is 5.42. The maximum absolute atomic E-state index is 13.3. The molecule has 2 aromatic rings. The number of Topliss-reactive ketones (excluding diaryl/α,β-unsaturated/α-hetero) is 1. The van der Waals surface area contributed by atoms with Crippen molar-refractivity contribution in [2.45, 2.75) is 26.2 Å². The predicted octanol–water partition coefficient (Wildman–Crippen LogP) is 3.88. The van der Waals surface area contributed by atoms with Crippen molar-refractivity contribution >= 4 is 5.78 Å². The summed E-state index contributed by atoms with van der Waals surface area (Å²) in [5.74, 6) is 0.577. The zero-order valence-electron chi connectivity index (χ0n) is 12.0. The summed E-state index contributed by atoms with van der Waals surface area (Å²) in [4.78, 5) is 12.2. The number of carbonyl (C=O) groups is 1. The van der Waals surface area contributed by atoms with Gasteiger partial charge in [-0.2, -0.15) is 0 Å². The van der Waals surface area contributed by atoms with E-state index in [1.54, 1.807) is 6.07 Å². The molecule has 0 N–H and O–H groups in total. The molecular weight excluding hydrogens is 267 g/mol. The maximum atomic E-state index is 13.3. The fraction of sp³-hybridized carbons (Fsp3) is 0.278. The van der Waals surface area contributed by atoms with Gasteiger partial charge in [-0.05, 0) is 48.2 Å². The Kier molecular flexibility index (Phi) is 3.74. The molecule has 0 aliphatic carbocycles. The van der Waals surface area contributed by atoms with Gasteiger partial charge in [0.05, 0.1) is 6.61 Å². The molecule has 0 atom stereocenters. The Hall–Kier alpha value is -2.16. The van der Waals surface area contributed by atoms with Crippen molar-refractivity contribution in [2.24, 2.45) is 0 Å². The molecule has 0 amide bonds. The molecule has 0 bridgehead atoms. The van der Waals surface area contributed by atoms with Crippen molar-refractivity contribution in [3.63, 3.8) is 0 Å². The van der Waals surface area contributed by atoms with E-state index in [1.165, 1.54) is 17.7 Å². The van der Waals surface area contributed by atoms with Crippen LogP contribution in [-0.4, -0.2) is 12.4 Å². The van der Waals surface area contributed by atoms with Crippen molar-refractivity contribution < 1.29 is 13.9 Å². The monoisotopic (exact) mass is 284 g/mol. The van der Waals surface area contributed by atoms with Crippen molar-refractivity contribution in [1.82, 2.24) is 0 Å². The highest BCUT2D eigenvalue weighted by Crippen LogP contribution is 2.26. The first-order chi connectivity index (χ1) is 10.1. The van der Waals surface area contributed by atoms with E-state index >= 15 is 0 Å². The molecule has 108 valence electrons. The third kappa shape index (κ3) is 2.97. The number of ether oxygens (including phenoxy) is 1. The van der Waals surface area contributed by atoms with Crippen molar-refractivity contribution in [2.75, 3.05) is 6.61 Å². The molecule has 0 spiro atoms. The maximum Gasteiger partial charge on any atom is 0.163 e. The predicted molar refractivity (Wildman–Crippen MR) is 79.4 cm³/mol. The van der Waals surface area contributed by atoms with Gasteiger partial charge in [0.15, 0.2) is 5.78 Å². The van der Waals surface area contributed by atoms with E-state index in [-0.39, 0.29) is 11.6 Å². The fourth-order valence-electron chi connectivity index (χ4n) is 2.68. The summed E-state index contributed by atoms with van der Waals surface area (Å²) in [6.45, 7) is 2.57. The zero-order valence-corrected chi connectivity index (χ0v) is 12.0. The van der Waals surface area contributed by atoms with Crippen LogP contribution in [0.4, 0.5) is 4.39 Å². The van der Waals surface area contributed by atoms with Crippen LogP contribution in [0.3, 0.4) is 0 Å². The normalized spacial score (nSPS) is 12.9. The Morgan fingerprint density at radius 3 is 2.95 bits per heavy atom. The topological polar surface area (TPSA) is 26.3 Å². The van der Waals surface area contributed by atoms with E-state index in [0.29, 0.717) is 18.4 Å². The minimum Gasteiger partial charge on any atom is -0.493 e. The molecule has 0 radical (unpaired) electrons. The highest BCUT2D eigenvalue weighted by molar-refractivity contribution is 5.97. The van der Waals surface area contributed by atoms with Crippen LogP contribution >= 0.6 is 0 Å². The molecule has 2 aromatic carbocycles. The average Bonchev–Trinajstić information content (AvgIpc) is 2.94. The Bertz CT molecular complexity index is 692. The molecule has 0 aromatic heterocycles. The average molecular weight is 284 g/mol. The van der Waals surface area contributed by atoms with Gasteiger partial charge in [0.1, 0.15) is 11.6 Å². The number of fused-ring (bicyclic) bond motifs is 1. The van der Waals surface area contributed by atoms with Crippen LogP contribution in [0.25, 0.3) is 0 Å². The molecule has 21 heavy (non-hydrogen) atoms. The first kappa shape index (κ1) is 13.8. The largest absolute Gasteiger partial charge is 0.493 e. The Morgan fingerprint density at radius 1 is 1.24 bits per heavy atom. The second-order valence-electron chi connectivity index (χ2n) is 5.42. The van der Waals surface area contributed by atoms with Crippen LogP contribution in [0.5, 0.6) is 5.75 Å². The number of aryl methyl sites for hydroxylation is 2. The Labute approximate surface area is 123 Å². The number of carbonyl (C=O) groups excluding carboxylic acids is 1. The van der Waals surface area contributed by atoms with Gasteiger partial charge in [0.25, 0.3) is 0 Å². The summed E-state index contributed by atoms with van der Waals surface area (Å²) < 4.78 is 18.7. The molecule has 0 fully saturated rings. The van der Waals surface area contributed by atoms with Gasteiger partial charge in [-0.25, -0.2) is 4.39 Å². The molecule has 1 aliphatic heterocycles. The molecule has 1 heterocycles. The lowest BCUT2D eigenvalue weighted by Gasteiger charge is -2.06. The van der Waals surface area contributed by atoms with Gasteiger partial charge in [-0.15, -0.1) is 0 Å². The number of hydrogen-bond donors (Lipinski definition) is 0. The third-order valence-electron chi connectivity index (χ3n) is 3.89. The first-order valence-corrected chi connectivity index (χ1v) is 7.17. The van der Waals surface area contributed by atoms with Crippen LogP contribution in [-0.2, 0) is 12.8 Å².